The van der Waals surface area contributed by atoms with E-state index >= 15 is 0 Å². The lowest BCUT2D eigenvalue weighted by Crippen LogP contribution is -2.24. The minimum Gasteiger partial charge on any atom is -0.338 e. The lowest BCUT2D eigenvalue weighted by Gasteiger charge is -2.19. The lowest BCUT2D eigenvalue weighted by molar-refractivity contribution is 0.340. The van der Waals surface area contributed by atoms with Crippen LogP contribution in [0.15, 0.2) is 9.26 Å². The Morgan fingerprint density at radius 2 is 2.07 bits per heavy atom. The Hall–Kier alpha value is -0.430. The van der Waals surface area contributed by atoms with Crippen LogP contribution in [0.1, 0.15) is 18.7 Å². The van der Waals surface area contributed by atoms with Crippen molar-refractivity contribution in [1.29, 1.82) is 0 Å². The molecule has 0 aliphatic carbocycles. The smallest absolute Gasteiger partial charge is 0.238 e. The number of sulfone groups is 1. The molecule has 1 aromatic rings. The summed E-state index contributed by atoms with van der Waals surface area (Å²) < 4.78 is 27.8. The van der Waals surface area contributed by atoms with Crippen LogP contribution in [0.4, 0.5) is 0 Å². The summed E-state index contributed by atoms with van der Waals surface area (Å²) in [6.07, 6.45) is 2.07. The predicted molar refractivity (Wildman–Crippen MR) is 57.1 cm³/mol. The first-order valence-corrected chi connectivity index (χ1v) is 7.35. The van der Waals surface area contributed by atoms with Crippen molar-refractivity contribution in [1.82, 2.24) is 10.1 Å². The predicted octanol–water partition coefficient (Wildman–Crippen LogP) is 1.20. The molecule has 0 radical (unpaired) electrons. The Bertz CT molecular complexity index is 428. The average molecular weight is 295 g/mol. The molecule has 5 nitrogen and oxygen atoms in total. The second-order valence-electron chi connectivity index (χ2n) is 3.76. The first-order chi connectivity index (χ1) is 7.05. The van der Waals surface area contributed by atoms with Gasteiger partial charge in [-0.2, -0.15) is 4.98 Å². The van der Waals surface area contributed by atoms with Crippen molar-refractivity contribution in [2.75, 3.05) is 11.5 Å². The third-order valence-corrected chi connectivity index (χ3v) is 4.62. The standard InChI is InChI=1S/C8H11BrN2O3S/c9-8-10-7(14-11-8)5-6-1-3-15(12,13)4-2-6/h6H,1-5H2. The van der Waals surface area contributed by atoms with E-state index in [-0.39, 0.29) is 11.5 Å². The zero-order valence-corrected chi connectivity index (χ0v) is 10.4. The summed E-state index contributed by atoms with van der Waals surface area (Å²) in [6.45, 7) is 0. The minimum absolute atomic E-state index is 0.285. The van der Waals surface area contributed by atoms with Crippen LogP contribution in [0.25, 0.3) is 0 Å². The Morgan fingerprint density at radius 3 is 2.60 bits per heavy atom. The van der Waals surface area contributed by atoms with Crippen LogP contribution >= 0.6 is 15.9 Å². The van der Waals surface area contributed by atoms with Gasteiger partial charge in [-0.15, -0.1) is 0 Å². The van der Waals surface area contributed by atoms with Gasteiger partial charge in [-0.1, -0.05) is 0 Å². The van der Waals surface area contributed by atoms with E-state index in [9.17, 15) is 8.42 Å². The molecule has 0 amide bonds. The van der Waals surface area contributed by atoms with E-state index in [0.29, 0.717) is 35.8 Å². The highest BCUT2D eigenvalue weighted by Crippen LogP contribution is 2.22. The molecule has 1 saturated heterocycles. The van der Waals surface area contributed by atoms with Crippen LogP contribution in [-0.4, -0.2) is 30.1 Å². The van der Waals surface area contributed by atoms with Crippen molar-refractivity contribution in [2.45, 2.75) is 19.3 Å². The molecule has 1 aliphatic rings. The fourth-order valence-corrected chi connectivity index (χ4v) is 3.57. The van der Waals surface area contributed by atoms with Crippen molar-refractivity contribution in [3.05, 3.63) is 10.6 Å². The van der Waals surface area contributed by atoms with Gasteiger partial charge in [0.05, 0.1) is 11.5 Å². The summed E-state index contributed by atoms with van der Waals surface area (Å²) >= 11 is 3.10. The molecule has 1 aliphatic heterocycles. The van der Waals surface area contributed by atoms with Crippen LogP contribution < -0.4 is 0 Å². The van der Waals surface area contributed by atoms with Gasteiger partial charge in [0.1, 0.15) is 9.84 Å². The van der Waals surface area contributed by atoms with E-state index < -0.39 is 9.84 Å². The lowest BCUT2D eigenvalue weighted by atomic mass is 9.99. The van der Waals surface area contributed by atoms with Crippen LogP contribution in [0.5, 0.6) is 0 Å². The molecular formula is C8H11BrN2O3S. The number of rotatable bonds is 2. The van der Waals surface area contributed by atoms with Crippen molar-refractivity contribution in [3.63, 3.8) is 0 Å². The van der Waals surface area contributed by atoms with Crippen LogP contribution in [0, 0.1) is 5.92 Å². The summed E-state index contributed by atoms with van der Waals surface area (Å²) in [5.74, 6) is 1.49. The molecule has 1 aromatic heterocycles. The van der Waals surface area contributed by atoms with E-state index in [2.05, 4.69) is 26.1 Å². The second kappa shape index (κ2) is 4.21. The van der Waals surface area contributed by atoms with E-state index in [1.807, 2.05) is 0 Å². The number of halogens is 1. The Labute approximate surface area is 96.3 Å². The molecule has 84 valence electrons. The third-order valence-electron chi connectivity index (χ3n) is 2.58. The van der Waals surface area contributed by atoms with E-state index in [0.717, 1.165) is 0 Å². The van der Waals surface area contributed by atoms with Crippen molar-refractivity contribution < 1.29 is 12.9 Å². The highest BCUT2D eigenvalue weighted by atomic mass is 79.9. The molecule has 2 rings (SSSR count). The second-order valence-corrected chi connectivity index (χ2v) is 6.77. The maximum atomic E-state index is 11.2. The van der Waals surface area contributed by atoms with E-state index in [4.69, 9.17) is 4.52 Å². The minimum atomic E-state index is -2.78. The zero-order valence-electron chi connectivity index (χ0n) is 8.02. The Balaban J connectivity index is 1.92. The SMILES string of the molecule is O=S1(=O)CCC(Cc2nc(Br)no2)CC1. The number of hydrogen-bond acceptors (Lipinski definition) is 5. The first kappa shape index (κ1) is 11.1. The fourth-order valence-electron chi connectivity index (χ4n) is 1.71. The first-order valence-electron chi connectivity index (χ1n) is 4.74. The average Bonchev–Trinajstić information content (AvgIpc) is 2.55. The van der Waals surface area contributed by atoms with Crippen LogP contribution in [-0.2, 0) is 16.3 Å². The Kier molecular flexibility index (Phi) is 3.11. The molecule has 0 spiro atoms. The molecule has 0 unspecified atom stereocenters. The van der Waals surface area contributed by atoms with Gasteiger partial charge in [0, 0.05) is 6.42 Å². The molecule has 2 heterocycles. The third kappa shape index (κ3) is 3.01. The van der Waals surface area contributed by atoms with Crippen LogP contribution in [0.2, 0.25) is 0 Å². The highest BCUT2D eigenvalue weighted by molar-refractivity contribution is 9.10. The van der Waals surface area contributed by atoms with Gasteiger partial charge in [-0.25, -0.2) is 8.42 Å². The molecule has 0 aromatic carbocycles. The molecular weight excluding hydrogens is 284 g/mol. The molecule has 0 saturated carbocycles. The summed E-state index contributed by atoms with van der Waals surface area (Å²) in [5, 5.41) is 3.62. The van der Waals surface area contributed by atoms with Gasteiger partial charge in [-0.05, 0) is 39.8 Å². The van der Waals surface area contributed by atoms with E-state index in [1.165, 1.54) is 0 Å². The number of aromatic nitrogens is 2. The highest BCUT2D eigenvalue weighted by Gasteiger charge is 2.25. The van der Waals surface area contributed by atoms with Gasteiger partial charge in [-0.3, -0.25) is 0 Å². The molecule has 15 heavy (non-hydrogen) atoms. The van der Waals surface area contributed by atoms with Gasteiger partial charge >= 0.3 is 0 Å². The van der Waals surface area contributed by atoms with Crippen molar-refractivity contribution >= 4 is 25.8 Å². The molecule has 0 N–H and O–H groups in total. The summed E-state index contributed by atoms with van der Waals surface area (Å²) in [5.41, 5.74) is 0. The molecule has 7 heteroatoms. The van der Waals surface area contributed by atoms with Crippen LogP contribution in [0.3, 0.4) is 0 Å². The molecule has 1 fully saturated rings. The van der Waals surface area contributed by atoms with Crippen molar-refractivity contribution in [2.24, 2.45) is 5.92 Å². The molecule has 0 atom stereocenters. The number of hydrogen-bond donors (Lipinski definition) is 0. The largest absolute Gasteiger partial charge is 0.338 e. The summed E-state index contributed by atoms with van der Waals surface area (Å²) in [7, 11) is -2.78. The fraction of sp³-hybridized carbons (Fsp3) is 0.750. The monoisotopic (exact) mass is 294 g/mol. The topological polar surface area (TPSA) is 73.1 Å². The quantitative estimate of drug-likeness (QED) is 0.819. The maximum Gasteiger partial charge on any atom is 0.238 e. The van der Waals surface area contributed by atoms with Gasteiger partial charge in [0.15, 0.2) is 0 Å². The van der Waals surface area contributed by atoms with Gasteiger partial charge in [0.2, 0.25) is 10.6 Å². The molecule has 0 bridgehead atoms. The van der Waals surface area contributed by atoms with E-state index in [1.54, 1.807) is 0 Å². The van der Waals surface area contributed by atoms with Gasteiger partial charge in [0.25, 0.3) is 0 Å². The summed E-state index contributed by atoms with van der Waals surface area (Å²) in [6, 6.07) is 0. The Morgan fingerprint density at radius 1 is 1.40 bits per heavy atom. The maximum absolute atomic E-state index is 11.2. The van der Waals surface area contributed by atoms with Gasteiger partial charge < -0.3 is 4.52 Å². The van der Waals surface area contributed by atoms with Crippen molar-refractivity contribution in [3.8, 4) is 0 Å². The number of nitrogens with zero attached hydrogens (tertiary/aromatic N) is 2. The zero-order chi connectivity index (χ0) is 10.9. The normalized spacial score (nSPS) is 21.7. The summed E-state index contributed by atoms with van der Waals surface area (Å²) in [4.78, 5) is 4.03.